The first-order chi connectivity index (χ1) is 8.79. The molecule has 0 unspecified atom stereocenters. The summed E-state index contributed by atoms with van der Waals surface area (Å²) < 4.78 is 5.74. The lowest BCUT2D eigenvalue weighted by Gasteiger charge is -2.12. The van der Waals surface area contributed by atoms with Crippen molar-refractivity contribution < 1.29 is 4.74 Å². The van der Waals surface area contributed by atoms with Crippen molar-refractivity contribution >= 4 is 11.6 Å². The third kappa shape index (κ3) is 1.88. The van der Waals surface area contributed by atoms with Crippen LogP contribution < -0.4 is 10.5 Å². The van der Waals surface area contributed by atoms with E-state index < -0.39 is 0 Å². The molecule has 2 N–H and O–H groups in total. The lowest BCUT2D eigenvalue weighted by molar-refractivity contribution is 0.358. The first kappa shape index (κ1) is 11.6. The van der Waals surface area contributed by atoms with Gasteiger partial charge in [-0.3, -0.25) is 0 Å². The lowest BCUT2D eigenvalue weighted by atomic mass is 9.97. The summed E-state index contributed by atoms with van der Waals surface area (Å²) in [4.78, 5) is 0. The summed E-state index contributed by atoms with van der Waals surface area (Å²) in [5.41, 5.74) is 10.3. The fraction of sp³-hybridized carbons (Fsp3) is 0.200. The van der Waals surface area contributed by atoms with Crippen LogP contribution in [0.2, 0.25) is 5.02 Å². The van der Waals surface area contributed by atoms with Crippen molar-refractivity contribution in [1.29, 1.82) is 0 Å². The van der Waals surface area contributed by atoms with Crippen LogP contribution in [-0.4, -0.2) is 6.61 Å². The number of nitrogens with two attached hydrogens (primary N) is 1. The molecule has 92 valence electrons. The topological polar surface area (TPSA) is 35.2 Å². The molecule has 0 spiro atoms. The molecule has 18 heavy (non-hydrogen) atoms. The first-order valence-corrected chi connectivity index (χ1v) is 6.41. The van der Waals surface area contributed by atoms with Crippen LogP contribution in [0.5, 0.6) is 5.75 Å². The Morgan fingerprint density at radius 1 is 1.17 bits per heavy atom. The van der Waals surface area contributed by atoms with Gasteiger partial charge in [0.05, 0.1) is 6.61 Å². The highest BCUT2D eigenvalue weighted by atomic mass is 35.5. The highest BCUT2D eigenvalue weighted by Crippen LogP contribution is 2.38. The maximum absolute atomic E-state index is 6.01. The zero-order valence-electron chi connectivity index (χ0n) is 9.95. The molecular weight excluding hydrogens is 246 g/mol. The third-order valence-electron chi connectivity index (χ3n) is 3.29. The van der Waals surface area contributed by atoms with Gasteiger partial charge in [-0.25, -0.2) is 0 Å². The predicted octanol–water partition coefficient (Wildman–Crippen LogP) is 3.40. The molecule has 3 rings (SSSR count). The molecule has 3 heteroatoms. The predicted molar refractivity (Wildman–Crippen MR) is 74.0 cm³/mol. The molecule has 0 radical (unpaired) electrons. The van der Waals surface area contributed by atoms with E-state index in [0.717, 1.165) is 35.5 Å². The van der Waals surface area contributed by atoms with Crippen molar-refractivity contribution in [3.8, 4) is 16.9 Å². The average molecular weight is 260 g/mol. The van der Waals surface area contributed by atoms with E-state index in [1.807, 2.05) is 18.2 Å². The van der Waals surface area contributed by atoms with E-state index in [9.17, 15) is 0 Å². The summed E-state index contributed by atoms with van der Waals surface area (Å²) in [5, 5.41) is 0.715. The molecule has 1 aliphatic rings. The molecule has 0 atom stereocenters. The fourth-order valence-corrected chi connectivity index (χ4v) is 2.62. The van der Waals surface area contributed by atoms with Crippen molar-refractivity contribution in [2.75, 3.05) is 6.61 Å². The second-order valence-corrected chi connectivity index (χ2v) is 4.83. The molecule has 0 aliphatic carbocycles. The van der Waals surface area contributed by atoms with Gasteiger partial charge in [0.2, 0.25) is 0 Å². The number of hydrogen-bond donors (Lipinski definition) is 1. The van der Waals surface area contributed by atoms with Crippen LogP contribution in [0.3, 0.4) is 0 Å². The van der Waals surface area contributed by atoms with Crippen molar-refractivity contribution in [2.24, 2.45) is 5.73 Å². The summed E-state index contributed by atoms with van der Waals surface area (Å²) >= 11 is 6.01. The van der Waals surface area contributed by atoms with Crippen LogP contribution in [0.1, 0.15) is 11.1 Å². The second kappa shape index (κ2) is 4.63. The quantitative estimate of drug-likeness (QED) is 0.897. The summed E-state index contributed by atoms with van der Waals surface area (Å²) in [6.45, 7) is 1.23. The Balaban J connectivity index is 2.19. The molecule has 2 nitrogen and oxygen atoms in total. The van der Waals surface area contributed by atoms with Crippen LogP contribution >= 0.6 is 11.6 Å². The normalized spacial score (nSPS) is 13.2. The van der Waals surface area contributed by atoms with Gasteiger partial charge in [0.15, 0.2) is 0 Å². The molecule has 0 fully saturated rings. The molecule has 0 aromatic heterocycles. The second-order valence-electron chi connectivity index (χ2n) is 4.40. The Kier molecular flexibility index (Phi) is 2.98. The standard InChI is InChI=1S/C15H14ClNO/c16-12-4-5-13(11(8-12)9-17)14-3-1-2-10-6-7-18-15(10)14/h1-5,8H,6-7,9,17H2. The highest BCUT2D eigenvalue weighted by molar-refractivity contribution is 6.30. The maximum atomic E-state index is 6.01. The summed E-state index contributed by atoms with van der Waals surface area (Å²) in [7, 11) is 0. The Bertz CT molecular complexity index is 595. The van der Waals surface area contributed by atoms with E-state index in [1.54, 1.807) is 0 Å². The molecule has 0 bridgehead atoms. The third-order valence-corrected chi connectivity index (χ3v) is 3.53. The molecular formula is C15H14ClNO. The van der Waals surface area contributed by atoms with Gasteiger partial charge in [0, 0.05) is 23.6 Å². The van der Waals surface area contributed by atoms with Crippen molar-refractivity contribution in [3.63, 3.8) is 0 Å². The molecule has 2 aromatic carbocycles. The first-order valence-electron chi connectivity index (χ1n) is 6.03. The van der Waals surface area contributed by atoms with Crippen LogP contribution in [0, 0.1) is 0 Å². The van der Waals surface area contributed by atoms with Gasteiger partial charge in [0.1, 0.15) is 5.75 Å². The minimum atomic E-state index is 0.472. The van der Waals surface area contributed by atoms with Crippen molar-refractivity contribution in [3.05, 3.63) is 52.5 Å². The van der Waals surface area contributed by atoms with Gasteiger partial charge < -0.3 is 10.5 Å². The van der Waals surface area contributed by atoms with Gasteiger partial charge in [-0.2, -0.15) is 0 Å². The number of fused-ring (bicyclic) bond motifs is 1. The summed E-state index contributed by atoms with van der Waals surface area (Å²) in [6, 6.07) is 12.1. The van der Waals surface area contributed by atoms with E-state index in [-0.39, 0.29) is 0 Å². The average Bonchev–Trinajstić information content (AvgIpc) is 2.86. The van der Waals surface area contributed by atoms with E-state index in [4.69, 9.17) is 22.1 Å². The van der Waals surface area contributed by atoms with Gasteiger partial charge in [-0.1, -0.05) is 35.9 Å². The smallest absolute Gasteiger partial charge is 0.130 e. The molecule has 1 heterocycles. The molecule has 0 saturated carbocycles. The van der Waals surface area contributed by atoms with E-state index >= 15 is 0 Å². The highest BCUT2D eigenvalue weighted by Gasteiger charge is 2.18. The monoisotopic (exact) mass is 259 g/mol. The molecule has 1 aliphatic heterocycles. The van der Waals surface area contributed by atoms with E-state index in [1.165, 1.54) is 5.56 Å². The van der Waals surface area contributed by atoms with Gasteiger partial charge in [-0.15, -0.1) is 0 Å². The zero-order valence-corrected chi connectivity index (χ0v) is 10.7. The van der Waals surface area contributed by atoms with Crippen LogP contribution in [0.25, 0.3) is 11.1 Å². The largest absolute Gasteiger partial charge is 0.492 e. The SMILES string of the molecule is NCc1cc(Cl)ccc1-c1cccc2c1OCC2. The lowest BCUT2D eigenvalue weighted by Crippen LogP contribution is -1.99. The van der Waals surface area contributed by atoms with Gasteiger partial charge >= 0.3 is 0 Å². The van der Waals surface area contributed by atoms with Crippen LogP contribution in [0.4, 0.5) is 0 Å². The maximum Gasteiger partial charge on any atom is 0.130 e. The number of para-hydroxylation sites is 1. The van der Waals surface area contributed by atoms with Crippen LogP contribution in [-0.2, 0) is 13.0 Å². The minimum Gasteiger partial charge on any atom is -0.492 e. The van der Waals surface area contributed by atoms with Crippen molar-refractivity contribution in [1.82, 2.24) is 0 Å². The Morgan fingerprint density at radius 2 is 2.06 bits per heavy atom. The number of hydrogen-bond acceptors (Lipinski definition) is 2. The number of rotatable bonds is 2. The zero-order chi connectivity index (χ0) is 12.5. The van der Waals surface area contributed by atoms with Gasteiger partial charge in [-0.05, 0) is 28.8 Å². The Hall–Kier alpha value is -1.51. The molecule has 2 aromatic rings. The van der Waals surface area contributed by atoms with E-state index in [0.29, 0.717) is 11.6 Å². The number of ether oxygens (including phenoxy) is 1. The summed E-state index contributed by atoms with van der Waals surface area (Å²) in [6.07, 6.45) is 0.981. The Morgan fingerprint density at radius 3 is 2.89 bits per heavy atom. The minimum absolute atomic E-state index is 0.472. The fourth-order valence-electron chi connectivity index (χ4n) is 2.42. The molecule has 0 amide bonds. The number of halogens is 1. The number of benzene rings is 2. The van der Waals surface area contributed by atoms with E-state index in [2.05, 4.69) is 18.2 Å². The van der Waals surface area contributed by atoms with Crippen LogP contribution in [0.15, 0.2) is 36.4 Å². The van der Waals surface area contributed by atoms with Gasteiger partial charge in [0.25, 0.3) is 0 Å². The summed E-state index contributed by atoms with van der Waals surface area (Å²) in [5.74, 6) is 0.995. The molecule has 0 saturated heterocycles. The Labute approximate surface area is 111 Å². The van der Waals surface area contributed by atoms with Crippen molar-refractivity contribution in [2.45, 2.75) is 13.0 Å².